The zero-order chi connectivity index (χ0) is 12.5. The smallest absolute Gasteiger partial charge is 0.224 e. The Labute approximate surface area is 101 Å². The van der Waals surface area contributed by atoms with Gasteiger partial charge in [0.2, 0.25) is 11.8 Å². The molecule has 1 atom stereocenters. The van der Waals surface area contributed by atoms with Gasteiger partial charge in [0, 0.05) is 13.0 Å². The molecule has 1 saturated heterocycles. The van der Waals surface area contributed by atoms with Crippen LogP contribution in [0.4, 0.5) is 0 Å². The molecule has 1 aliphatic heterocycles. The van der Waals surface area contributed by atoms with Crippen molar-refractivity contribution in [1.29, 1.82) is 5.26 Å². The van der Waals surface area contributed by atoms with E-state index in [1.54, 1.807) is 4.90 Å². The molecule has 5 heteroatoms. The molecule has 2 fully saturated rings. The first-order chi connectivity index (χ1) is 8.09. The fourth-order valence-electron chi connectivity index (χ4n) is 2.42. The lowest BCUT2D eigenvalue weighted by Gasteiger charge is -2.32. The Balaban J connectivity index is 2.00. The number of nitriles is 1. The van der Waals surface area contributed by atoms with Crippen molar-refractivity contribution in [3.05, 3.63) is 0 Å². The summed E-state index contributed by atoms with van der Waals surface area (Å²) in [5, 5.41) is 9.00. The molecule has 1 saturated carbocycles. The number of nitrogens with two attached hydrogens (primary N) is 1. The minimum absolute atomic E-state index is 0.0902. The van der Waals surface area contributed by atoms with Crippen molar-refractivity contribution in [2.45, 2.75) is 44.6 Å². The normalized spacial score (nSPS) is 26.1. The molecule has 2 amide bonds. The topological polar surface area (TPSA) is 87.2 Å². The standard InChI is InChI=1S/C12H17N3O2/c13-8-9-3-1-2-6-15(9)10(16)7-12(4-5-12)11(14)17/h9H,1-7H2,(H2,14,17)/t9-/m1/s1. The van der Waals surface area contributed by atoms with E-state index in [4.69, 9.17) is 11.0 Å². The highest BCUT2D eigenvalue weighted by molar-refractivity contribution is 5.90. The van der Waals surface area contributed by atoms with Crippen LogP contribution >= 0.6 is 0 Å². The SMILES string of the molecule is N#C[C@H]1CCCCN1C(=O)CC1(C(N)=O)CC1. The van der Waals surface area contributed by atoms with Gasteiger partial charge in [-0.05, 0) is 32.1 Å². The largest absolute Gasteiger partial charge is 0.369 e. The van der Waals surface area contributed by atoms with Gasteiger partial charge in [-0.25, -0.2) is 0 Å². The molecular weight excluding hydrogens is 218 g/mol. The highest BCUT2D eigenvalue weighted by Gasteiger charge is 2.50. The van der Waals surface area contributed by atoms with E-state index >= 15 is 0 Å². The third-order valence-electron chi connectivity index (χ3n) is 3.84. The molecule has 0 unspecified atom stereocenters. The average Bonchev–Trinajstić information content (AvgIpc) is 3.10. The summed E-state index contributed by atoms with van der Waals surface area (Å²) in [6.45, 7) is 0.631. The first-order valence-corrected chi connectivity index (χ1v) is 6.08. The summed E-state index contributed by atoms with van der Waals surface area (Å²) >= 11 is 0. The molecule has 2 aliphatic rings. The molecule has 2 rings (SSSR count). The second-order valence-corrected chi connectivity index (χ2v) is 5.05. The average molecular weight is 235 g/mol. The Morgan fingerprint density at radius 1 is 1.41 bits per heavy atom. The summed E-state index contributed by atoms with van der Waals surface area (Å²) in [7, 11) is 0. The lowest BCUT2D eigenvalue weighted by molar-refractivity contribution is -0.138. The first-order valence-electron chi connectivity index (χ1n) is 6.08. The number of likely N-dealkylation sites (tertiary alicyclic amines) is 1. The van der Waals surface area contributed by atoms with Gasteiger partial charge in [0.15, 0.2) is 0 Å². The predicted octanol–water partition coefficient (Wildman–Crippen LogP) is 0.547. The Morgan fingerprint density at radius 3 is 2.65 bits per heavy atom. The quantitative estimate of drug-likeness (QED) is 0.774. The van der Waals surface area contributed by atoms with E-state index in [0.717, 1.165) is 19.3 Å². The van der Waals surface area contributed by atoms with E-state index in [1.165, 1.54) is 0 Å². The molecule has 0 bridgehead atoms. The van der Waals surface area contributed by atoms with Crippen LogP contribution in [0.2, 0.25) is 0 Å². The number of piperidine rings is 1. The van der Waals surface area contributed by atoms with Crippen molar-refractivity contribution in [3.8, 4) is 6.07 Å². The number of primary amides is 1. The third kappa shape index (κ3) is 2.26. The zero-order valence-corrected chi connectivity index (χ0v) is 9.82. The second-order valence-electron chi connectivity index (χ2n) is 5.05. The van der Waals surface area contributed by atoms with Gasteiger partial charge in [-0.2, -0.15) is 5.26 Å². The molecule has 92 valence electrons. The molecular formula is C12H17N3O2. The van der Waals surface area contributed by atoms with Crippen LogP contribution in [-0.2, 0) is 9.59 Å². The number of carbonyl (C=O) groups is 2. The summed E-state index contributed by atoms with van der Waals surface area (Å²) in [6, 6.07) is 1.84. The maximum Gasteiger partial charge on any atom is 0.224 e. The Hall–Kier alpha value is -1.57. The van der Waals surface area contributed by atoms with Crippen LogP contribution in [0.3, 0.4) is 0 Å². The number of carbonyl (C=O) groups excluding carboxylic acids is 2. The summed E-state index contributed by atoms with van der Waals surface area (Å²) in [5.74, 6) is -0.469. The molecule has 0 aromatic carbocycles. The van der Waals surface area contributed by atoms with Crippen molar-refractivity contribution in [2.24, 2.45) is 11.1 Å². The number of rotatable bonds is 3. The third-order valence-corrected chi connectivity index (χ3v) is 3.84. The lowest BCUT2D eigenvalue weighted by Crippen LogP contribution is -2.44. The van der Waals surface area contributed by atoms with Crippen molar-refractivity contribution in [3.63, 3.8) is 0 Å². The van der Waals surface area contributed by atoms with Gasteiger partial charge in [-0.1, -0.05) is 0 Å². The maximum atomic E-state index is 12.1. The number of nitrogens with zero attached hydrogens (tertiary/aromatic N) is 2. The van der Waals surface area contributed by atoms with E-state index in [1.807, 2.05) is 0 Å². The molecule has 5 nitrogen and oxygen atoms in total. The number of amides is 2. The molecule has 0 aromatic heterocycles. The van der Waals surface area contributed by atoms with Crippen LogP contribution in [0, 0.1) is 16.7 Å². The van der Waals surface area contributed by atoms with Crippen molar-refractivity contribution >= 4 is 11.8 Å². The highest BCUT2D eigenvalue weighted by Crippen LogP contribution is 2.49. The summed E-state index contributed by atoms with van der Waals surface area (Å²) in [6.07, 6.45) is 4.26. The van der Waals surface area contributed by atoms with E-state index in [9.17, 15) is 9.59 Å². The van der Waals surface area contributed by atoms with E-state index in [2.05, 4.69) is 6.07 Å². The lowest BCUT2D eigenvalue weighted by atomic mass is 9.97. The Kier molecular flexibility index (Phi) is 3.05. The Morgan fingerprint density at radius 2 is 2.12 bits per heavy atom. The molecule has 1 aliphatic carbocycles. The van der Waals surface area contributed by atoms with E-state index < -0.39 is 5.41 Å². The van der Waals surface area contributed by atoms with Crippen LogP contribution < -0.4 is 5.73 Å². The van der Waals surface area contributed by atoms with Gasteiger partial charge in [-0.3, -0.25) is 9.59 Å². The maximum absolute atomic E-state index is 12.1. The minimum atomic E-state index is -0.603. The summed E-state index contributed by atoms with van der Waals surface area (Å²) in [4.78, 5) is 25.0. The van der Waals surface area contributed by atoms with Gasteiger partial charge in [-0.15, -0.1) is 0 Å². The molecule has 17 heavy (non-hydrogen) atoms. The highest BCUT2D eigenvalue weighted by atomic mass is 16.2. The monoisotopic (exact) mass is 235 g/mol. The molecule has 0 spiro atoms. The molecule has 2 N–H and O–H groups in total. The van der Waals surface area contributed by atoms with Gasteiger partial charge in [0.25, 0.3) is 0 Å². The fraction of sp³-hybridized carbons (Fsp3) is 0.750. The summed E-state index contributed by atoms with van der Waals surface area (Å²) in [5.41, 5.74) is 4.70. The van der Waals surface area contributed by atoms with Gasteiger partial charge in [0.1, 0.15) is 6.04 Å². The molecule has 0 aromatic rings. The van der Waals surface area contributed by atoms with Crippen molar-refractivity contribution in [2.75, 3.05) is 6.54 Å². The van der Waals surface area contributed by atoms with Gasteiger partial charge in [0.05, 0.1) is 11.5 Å². The summed E-state index contributed by atoms with van der Waals surface area (Å²) < 4.78 is 0. The van der Waals surface area contributed by atoms with Crippen molar-refractivity contribution in [1.82, 2.24) is 4.90 Å². The van der Waals surface area contributed by atoms with E-state index in [-0.39, 0.29) is 24.3 Å². The van der Waals surface area contributed by atoms with Crippen LogP contribution in [-0.4, -0.2) is 29.3 Å². The number of hydrogen-bond acceptors (Lipinski definition) is 3. The van der Waals surface area contributed by atoms with Crippen LogP contribution in [0.25, 0.3) is 0 Å². The first kappa shape index (κ1) is 11.9. The molecule has 0 radical (unpaired) electrons. The van der Waals surface area contributed by atoms with Crippen molar-refractivity contribution < 1.29 is 9.59 Å². The zero-order valence-electron chi connectivity index (χ0n) is 9.82. The van der Waals surface area contributed by atoms with Crippen LogP contribution in [0.15, 0.2) is 0 Å². The Bertz CT molecular complexity index is 382. The van der Waals surface area contributed by atoms with Gasteiger partial charge < -0.3 is 10.6 Å². The molecule has 1 heterocycles. The predicted molar refractivity (Wildman–Crippen MR) is 60.4 cm³/mol. The second kappa shape index (κ2) is 4.36. The minimum Gasteiger partial charge on any atom is -0.369 e. The van der Waals surface area contributed by atoms with Crippen LogP contribution in [0.1, 0.15) is 38.5 Å². The van der Waals surface area contributed by atoms with Crippen LogP contribution in [0.5, 0.6) is 0 Å². The van der Waals surface area contributed by atoms with Gasteiger partial charge >= 0.3 is 0 Å². The number of hydrogen-bond donors (Lipinski definition) is 1. The van der Waals surface area contributed by atoms with E-state index in [0.29, 0.717) is 19.4 Å². The fourth-order valence-corrected chi connectivity index (χ4v) is 2.42.